The van der Waals surface area contributed by atoms with Gasteiger partial charge in [0.1, 0.15) is 0 Å². The van der Waals surface area contributed by atoms with Gasteiger partial charge in [0, 0.05) is 11.2 Å². The van der Waals surface area contributed by atoms with Gasteiger partial charge < -0.3 is 0 Å². The van der Waals surface area contributed by atoms with Crippen molar-refractivity contribution in [3.8, 4) is 5.69 Å². The second-order valence-electron chi connectivity index (χ2n) is 4.98. The van der Waals surface area contributed by atoms with Gasteiger partial charge in [-0.15, -0.1) is 0 Å². The second-order valence-corrected chi connectivity index (χ2v) is 5.41. The molecule has 0 atom stereocenters. The van der Waals surface area contributed by atoms with Crippen LogP contribution in [0.1, 0.15) is 5.56 Å². The predicted molar refractivity (Wildman–Crippen MR) is 89.3 cm³/mol. The molecule has 0 fully saturated rings. The van der Waals surface area contributed by atoms with Crippen LogP contribution >= 0.6 is 11.6 Å². The molecule has 3 aromatic rings. The Morgan fingerprint density at radius 3 is 2.61 bits per heavy atom. The van der Waals surface area contributed by atoms with Gasteiger partial charge in [0.25, 0.3) is 5.91 Å². The molecule has 114 valence electrons. The zero-order chi connectivity index (χ0) is 16.1. The molecule has 0 aliphatic carbocycles. The van der Waals surface area contributed by atoms with Crippen molar-refractivity contribution >= 4 is 17.5 Å². The van der Waals surface area contributed by atoms with Crippen molar-refractivity contribution in [2.75, 3.05) is 0 Å². The standard InChI is InChI=1S/C18H14ClN3O/c19-15-6-4-5-14(11-15)12-18(23)21-16-9-10-22(20-13-16)17-7-2-1-3-8-17/h1-11,13H,12H2. The molecule has 5 heteroatoms. The maximum absolute atomic E-state index is 12.0. The molecule has 0 bridgehead atoms. The lowest BCUT2D eigenvalue weighted by Crippen LogP contribution is -2.12. The molecular formula is C18H14ClN3O. The fourth-order valence-electron chi connectivity index (χ4n) is 2.15. The van der Waals surface area contributed by atoms with Crippen molar-refractivity contribution in [2.24, 2.45) is 4.99 Å². The Morgan fingerprint density at radius 1 is 1.09 bits per heavy atom. The Kier molecular flexibility index (Phi) is 4.64. The number of para-hydroxylation sites is 1. The van der Waals surface area contributed by atoms with E-state index in [0.717, 1.165) is 11.3 Å². The van der Waals surface area contributed by atoms with Crippen molar-refractivity contribution in [1.82, 2.24) is 9.78 Å². The first kappa shape index (κ1) is 15.2. The molecule has 0 saturated heterocycles. The molecule has 1 aromatic heterocycles. The van der Waals surface area contributed by atoms with Crippen LogP contribution in [0.15, 0.2) is 78.0 Å². The minimum Gasteiger partial charge on any atom is -0.272 e. The molecule has 3 rings (SSSR count). The van der Waals surface area contributed by atoms with Gasteiger partial charge >= 0.3 is 0 Å². The van der Waals surface area contributed by atoms with Gasteiger partial charge in [-0.05, 0) is 35.9 Å². The van der Waals surface area contributed by atoms with Crippen molar-refractivity contribution in [3.63, 3.8) is 0 Å². The Morgan fingerprint density at radius 2 is 1.91 bits per heavy atom. The molecule has 4 nitrogen and oxygen atoms in total. The summed E-state index contributed by atoms with van der Waals surface area (Å²) in [7, 11) is 0. The Bertz CT molecular complexity index is 868. The highest BCUT2D eigenvalue weighted by Crippen LogP contribution is 2.11. The quantitative estimate of drug-likeness (QED) is 0.743. The van der Waals surface area contributed by atoms with Crippen LogP contribution in [0.2, 0.25) is 5.02 Å². The first-order valence-electron chi connectivity index (χ1n) is 7.13. The molecule has 0 aliphatic heterocycles. The van der Waals surface area contributed by atoms with Crippen molar-refractivity contribution < 1.29 is 4.79 Å². The van der Waals surface area contributed by atoms with Crippen LogP contribution in [-0.2, 0) is 11.2 Å². The van der Waals surface area contributed by atoms with Crippen LogP contribution in [0.4, 0.5) is 0 Å². The van der Waals surface area contributed by atoms with Gasteiger partial charge in [-0.2, -0.15) is 5.10 Å². The first-order valence-corrected chi connectivity index (χ1v) is 7.51. The van der Waals surface area contributed by atoms with Gasteiger partial charge in [0.05, 0.1) is 23.7 Å². The average molecular weight is 324 g/mol. The number of hydrogen-bond donors (Lipinski definition) is 0. The first-order chi connectivity index (χ1) is 11.2. The number of amides is 1. The number of nitrogens with zero attached hydrogens (tertiary/aromatic N) is 3. The fraction of sp³-hybridized carbons (Fsp3) is 0.0556. The second kappa shape index (κ2) is 7.03. The molecule has 1 amide bonds. The monoisotopic (exact) mass is 323 g/mol. The number of carbonyl (C=O) groups is 1. The van der Waals surface area contributed by atoms with Crippen LogP contribution in [-0.4, -0.2) is 15.7 Å². The molecule has 0 radical (unpaired) electrons. The zero-order valence-electron chi connectivity index (χ0n) is 12.3. The minimum absolute atomic E-state index is 0.216. The van der Waals surface area contributed by atoms with Crippen molar-refractivity contribution in [3.05, 3.63) is 89.0 Å². The normalized spacial score (nSPS) is 11.4. The molecule has 0 N–H and O–H groups in total. The lowest BCUT2D eigenvalue weighted by molar-refractivity contribution is -0.117. The Balaban J connectivity index is 1.76. The van der Waals surface area contributed by atoms with E-state index in [4.69, 9.17) is 11.6 Å². The van der Waals surface area contributed by atoms with Crippen LogP contribution in [0.25, 0.3) is 5.69 Å². The highest BCUT2D eigenvalue weighted by molar-refractivity contribution is 6.30. The Hall–Kier alpha value is -2.72. The molecule has 0 saturated carbocycles. The molecule has 0 spiro atoms. The third-order valence-electron chi connectivity index (χ3n) is 3.22. The summed E-state index contributed by atoms with van der Waals surface area (Å²) in [6.45, 7) is 0. The van der Waals surface area contributed by atoms with E-state index in [1.807, 2.05) is 42.5 Å². The summed E-state index contributed by atoms with van der Waals surface area (Å²) in [4.78, 5) is 16.1. The molecular weight excluding hydrogens is 310 g/mol. The summed E-state index contributed by atoms with van der Waals surface area (Å²) in [6, 6.07) is 18.7. The number of rotatable bonds is 3. The van der Waals surface area contributed by atoms with Gasteiger partial charge in [-0.1, -0.05) is 41.9 Å². The van der Waals surface area contributed by atoms with E-state index in [1.165, 1.54) is 0 Å². The topological polar surface area (TPSA) is 47.2 Å². The third kappa shape index (κ3) is 4.14. The maximum atomic E-state index is 12.0. The summed E-state index contributed by atoms with van der Waals surface area (Å²) in [5.41, 5.74) is 1.79. The summed E-state index contributed by atoms with van der Waals surface area (Å²) in [5, 5.41) is 5.42. The van der Waals surface area contributed by atoms with Crippen LogP contribution in [0, 0.1) is 0 Å². The molecule has 0 unspecified atom stereocenters. The molecule has 23 heavy (non-hydrogen) atoms. The number of aromatic nitrogens is 2. The molecule has 1 heterocycles. The van der Waals surface area contributed by atoms with E-state index < -0.39 is 0 Å². The predicted octanol–water partition coefficient (Wildman–Crippen LogP) is 3.20. The fourth-order valence-corrected chi connectivity index (χ4v) is 2.37. The van der Waals surface area contributed by atoms with E-state index in [1.54, 1.807) is 35.3 Å². The number of hydrogen-bond acceptors (Lipinski definition) is 2. The highest BCUT2D eigenvalue weighted by atomic mass is 35.5. The van der Waals surface area contributed by atoms with Crippen molar-refractivity contribution in [1.29, 1.82) is 0 Å². The van der Waals surface area contributed by atoms with E-state index in [0.29, 0.717) is 10.4 Å². The van der Waals surface area contributed by atoms with E-state index in [2.05, 4.69) is 10.1 Å². The highest BCUT2D eigenvalue weighted by Gasteiger charge is 2.02. The Labute approximate surface area is 138 Å². The van der Waals surface area contributed by atoms with Crippen LogP contribution < -0.4 is 5.36 Å². The van der Waals surface area contributed by atoms with Crippen molar-refractivity contribution in [2.45, 2.75) is 6.42 Å². The summed E-state index contributed by atoms with van der Waals surface area (Å²) >= 11 is 5.91. The smallest absolute Gasteiger partial charge is 0.250 e. The lowest BCUT2D eigenvalue weighted by Gasteiger charge is -2.03. The number of benzene rings is 2. The van der Waals surface area contributed by atoms with Gasteiger partial charge in [-0.3, -0.25) is 4.79 Å². The van der Waals surface area contributed by atoms with E-state index in [-0.39, 0.29) is 12.3 Å². The maximum Gasteiger partial charge on any atom is 0.250 e. The molecule has 0 aliphatic rings. The zero-order valence-corrected chi connectivity index (χ0v) is 13.0. The minimum atomic E-state index is -0.230. The van der Waals surface area contributed by atoms with E-state index in [9.17, 15) is 4.79 Å². The summed E-state index contributed by atoms with van der Waals surface area (Å²) < 4.78 is 1.72. The summed E-state index contributed by atoms with van der Waals surface area (Å²) in [5.74, 6) is -0.230. The number of halogens is 1. The van der Waals surface area contributed by atoms with Crippen LogP contribution in [0.3, 0.4) is 0 Å². The van der Waals surface area contributed by atoms with Crippen LogP contribution in [0.5, 0.6) is 0 Å². The number of carbonyl (C=O) groups excluding carboxylic acids is 1. The van der Waals surface area contributed by atoms with E-state index >= 15 is 0 Å². The third-order valence-corrected chi connectivity index (χ3v) is 3.45. The lowest BCUT2D eigenvalue weighted by atomic mass is 10.1. The van der Waals surface area contributed by atoms with Gasteiger partial charge in [0.2, 0.25) is 0 Å². The SMILES string of the molecule is O=C(Cc1cccc(Cl)c1)N=c1ccn(-c2ccccc2)nc1. The molecule has 2 aromatic carbocycles. The summed E-state index contributed by atoms with van der Waals surface area (Å²) in [6.07, 6.45) is 3.57. The average Bonchev–Trinajstić information content (AvgIpc) is 2.56. The van der Waals surface area contributed by atoms with Gasteiger partial charge in [0.15, 0.2) is 0 Å². The van der Waals surface area contributed by atoms with Gasteiger partial charge in [-0.25, -0.2) is 9.67 Å². The largest absolute Gasteiger partial charge is 0.272 e.